The Labute approximate surface area is 106 Å². The summed E-state index contributed by atoms with van der Waals surface area (Å²) in [4.78, 5) is 12.1. The Morgan fingerprint density at radius 1 is 1.78 bits per heavy atom. The van der Waals surface area contributed by atoms with Gasteiger partial charge in [-0.15, -0.1) is 0 Å². The Balaban J connectivity index is 2.11. The number of nitrogens with zero attached hydrogens (tertiary/aromatic N) is 1. The van der Waals surface area contributed by atoms with Gasteiger partial charge in [0.2, 0.25) is 0 Å². The number of aromatic amines is 1. The SMILES string of the molecule is CC1CCCC(CO)(NC(=O)c2[nH]ncc2N)C1. The van der Waals surface area contributed by atoms with Gasteiger partial charge in [0.1, 0.15) is 5.69 Å². The van der Waals surface area contributed by atoms with Crippen molar-refractivity contribution in [2.24, 2.45) is 5.92 Å². The summed E-state index contributed by atoms with van der Waals surface area (Å²) in [6, 6.07) is 0. The Morgan fingerprint density at radius 3 is 3.11 bits per heavy atom. The lowest BCUT2D eigenvalue weighted by Gasteiger charge is -2.39. The number of aliphatic hydroxyl groups is 1. The molecule has 1 heterocycles. The van der Waals surface area contributed by atoms with Crippen LogP contribution >= 0.6 is 0 Å². The average molecular weight is 252 g/mol. The number of rotatable bonds is 3. The smallest absolute Gasteiger partial charge is 0.271 e. The fourth-order valence-corrected chi connectivity index (χ4v) is 2.74. The number of anilines is 1. The summed E-state index contributed by atoms with van der Waals surface area (Å²) in [5.74, 6) is 0.207. The predicted octanol–water partition coefficient (Wildman–Crippen LogP) is 0.663. The summed E-state index contributed by atoms with van der Waals surface area (Å²) >= 11 is 0. The first-order valence-electron chi connectivity index (χ1n) is 6.28. The molecule has 1 aliphatic rings. The molecule has 2 atom stereocenters. The number of H-pyrrole nitrogens is 1. The van der Waals surface area contributed by atoms with Gasteiger partial charge in [-0.2, -0.15) is 5.10 Å². The predicted molar refractivity (Wildman–Crippen MR) is 67.9 cm³/mol. The van der Waals surface area contributed by atoms with Crippen LogP contribution in [0.4, 0.5) is 5.69 Å². The number of aromatic nitrogens is 2. The summed E-state index contributed by atoms with van der Waals surface area (Å²) in [6.07, 6.45) is 5.16. The highest BCUT2D eigenvalue weighted by Crippen LogP contribution is 2.32. The third-order valence-electron chi connectivity index (χ3n) is 3.67. The van der Waals surface area contributed by atoms with Gasteiger partial charge in [0.05, 0.1) is 24.0 Å². The second-order valence-electron chi connectivity index (χ2n) is 5.29. The molecule has 1 fully saturated rings. The molecule has 100 valence electrons. The van der Waals surface area contributed by atoms with Gasteiger partial charge in [-0.1, -0.05) is 19.8 Å². The van der Waals surface area contributed by atoms with Gasteiger partial charge in [0, 0.05) is 0 Å². The van der Waals surface area contributed by atoms with Crippen LogP contribution in [0, 0.1) is 5.92 Å². The molecule has 1 amide bonds. The van der Waals surface area contributed by atoms with Crippen molar-refractivity contribution in [1.29, 1.82) is 0 Å². The molecule has 0 saturated heterocycles. The number of nitrogens with two attached hydrogens (primary N) is 1. The Bertz CT molecular complexity index is 431. The van der Waals surface area contributed by atoms with Crippen molar-refractivity contribution in [2.75, 3.05) is 12.3 Å². The highest BCUT2D eigenvalue weighted by Gasteiger charge is 2.36. The van der Waals surface area contributed by atoms with Crippen LogP contribution in [0.5, 0.6) is 0 Å². The summed E-state index contributed by atoms with van der Waals surface area (Å²) in [5.41, 5.74) is 5.71. The highest BCUT2D eigenvalue weighted by molar-refractivity contribution is 5.97. The maximum absolute atomic E-state index is 12.1. The molecule has 18 heavy (non-hydrogen) atoms. The van der Waals surface area contributed by atoms with Gasteiger partial charge < -0.3 is 16.2 Å². The molecule has 1 aromatic rings. The molecule has 0 spiro atoms. The van der Waals surface area contributed by atoms with Crippen LogP contribution in [0.3, 0.4) is 0 Å². The Morgan fingerprint density at radius 2 is 2.56 bits per heavy atom. The minimum Gasteiger partial charge on any atom is -0.396 e. The van der Waals surface area contributed by atoms with E-state index in [1.165, 1.54) is 6.20 Å². The molecule has 2 unspecified atom stereocenters. The Kier molecular flexibility index (Phi) is 3.56. The van der Waals surface area contributed by atoms with Gasteiger partial charge >= 0.3 is 0 Å². The topological polar surface area (TPSA) is 104 Å². The third kappa shape index (κ3) is 2.48. The quantitative estimate of drug-likeness (QED) is 0.634. The second kappa shape index (κ2) is 4.97. The molecule has 1 aromatic heterocycles. The van der Waals surface area contributed by atoms with E-state index < -0.39 is 5.54 Å². The molecule has 1 aliphatic carbocycles. The van der Waals surface area contributed by atoms with E-state index in [2.05, 4.69) is 22.4 Å². The minimum atomic E-state index is -0.522. The summed E-state index contributed by atoms with van der Waals surface area (Å²) in [6.45, 7) is 2.09. The molecule has 5 N–H and O–H groups in total. The first-order chi connectivity index (χ1) is 8.56. The van der Waals surface area contributed by atoms with Gasteiger partial charge in [0.25, 0.3) is 5.91 Å². The number of aliphatic hydroxyl groups excluding tert-OH is 1. The molecule has 0 aromatic carbocycles. The number of hydrogen-bond donors (Lipinski definition) is 4. The molecule has 6 heteroatoms. The fraction of sp³-hybridized carbons (Fsp3) is 0.667. The number of nitrogens with one attached hydrogen (secondary N) is 2. The van der Waals surface area contributed by atoms with Crippen molar-refractivity contribution in [3.8, 4) is 0 Å². The van der Waals surface area contributed by atoms with Crippen molar-refractivity contribution in [1.82, 2.24) is 15.5 Å². The number of nitrogen functional groups attached to an aromatic ring is 1. The molecular weight excluding hydrogens is 232 g/mol. The number of amides is 1. The molecule has 0 aliphatic heterocycles. The molecule has 0 radical (unpaired) electrons. The largest absolute Gasteiger partial charge is 0.396 e. The van der Waals surface area contributed by atoms with E-state index in [-0.39, 0.29) is 18.2 Å². The average Bonchev–Trinajstić information content (AvgIpc) is 2.75. The van der Waals surface area contributed by atoms with Crippen LogP contribution in [-0.2, 0) is 0 Å². The van der Waals surface area contributed by atoms with Gasteiger partial charge in [0.15, 0.2) is 0 Å². The lowest BCUT2D eigenvalue weighted by molar-refractivity contribution is 0.0693. The maximum Gasteiger partial charge on any atom is 0.271 e. The zero-order chi connectivity index (χ0) is 13.2. The third-order valence-corrected chi connectivity index (χ3v) is 3.67. The number of carbonyl (C=O) groups is 1. The van der Waals surface area contributed by atoms with E-state index in [0.717, 1.165) is 25.7 Å². The van der Waals surface area contributed by atoms with E-state index in [1.54, 1.807) is 0 Å². The lowest BCUT2D eigenvalue weighted by atomic mass is 9.77. The molecule has 0 bridgehead atoms. The molecule has 2 rings (SSSR count). The minimum absolute atomic E-state index is 0.0445. The number of hydrogen-bond acceptors (Lipinski definition) is 4. The first kappa shape index (κ1) is 12.9. The van der Waals surface area contributed by atoms with E-state index in [0.29, 0.717) is 11.6 Å². The van der Waals surface area contributed by atoms with Crippen LogP contribution in [0.1, 0.15) is 43.1 Å². The monoisotopic (exact) mass is 252 g/mol. The van der Waals surface area contributed by atoms with Crippen molar-refractivity contribution in [3.63, 3.8) is 0 Å². The van der Waals surface area contributed by atoms with Gasteiger partial charge in [-0.3, -0.25) is 9.89 Å². The summed E-state index contributed by atoms with van der Waals surface area (Å²) in [5, 5.41) is 18.8. The van der Waals surface area contributed by atoms with E-state index in [9.17, 15) is 9.90 Å². The zero-order valence-corrected chi connectivity index (χ0v) is 10.6. The molecule has 6 nitrogen and oxygen atoms in total. The van der Waals surface area contributed by atoms with E-state index in [4.69, 9.17) is 5.73 Å². The van der Waals surface area contributed by atoms with Crippen LogP contribution in [0.2, 0.25) is 0 Å². The van der Waals surface area contributed by atoms with Crippen LogP contribution in [0.25, 0.3) is 0 Å². The molecule has 1 saturated carbocycles. The van der Waals surface area contributed by atoms with Crippen molar-refractivity contribution >= 4 is 11.6 Å². The van der Waals surface area contributed by atoms with Gasteiger partial charge in [-0.05, 0) is 18.8 Å². The maximum atomic E-state index is 12.1. The molecular formula is C12H20N4O2. The fourth-order valence-electron chi connectivity index (χ4n) is 2.74. The Hall–Kier alpha value is -1.56. The number of carbonyl (C=O) groups excluding carboxylic acids is 1. The van der Waals surface area contributed by atoms with E-state index in [1.807, 2.05) is 0 Å². The van der Waals surface area contributed by atoms with Crippen LogP contribution in [0.15, 0.2) is 6.20 Å². The van der Waals surface area contributed by atoms with Crippen molar-refractivity contribution < 1.29 is 9.90 Å². The van der Waals surface area contributed by atoms with Gasteiger partial charge in [-0.25, -0.2) is 0 Å². The highest BCUT2D eigenvalue weighted by atomic mass is 16.3. The normalized spacial score (nSPS) is 28.0. The standard InChI is InChI=1S/C12H20N4O2/c1-8-3-2-4-12(5-8,7-17)15-11(18)10-9(13)6-14-16-10/h6,8,17H,2-5,7,13H2,1H3,(H,14,16)(H,15,18). The van der Waals surface area contributed by atoms with Crippen molar-refractivity contribution in [2.45, 2.75) is 38.1 Å². The van der Waals surface area contributed by atoms with E-state index >= 15 is 0 Å². The van der Waals surface area contributed by atoms with Crippen LogP contribution in [-0.4, -0.2) is 33.4 Å². The van der Waals surface area contributed by atoms with Crippen LogP contribution < -0.4 is 11.1 Å². The lowest BCUT2D eigenvalue weighted by Crippen LogP contribution is -2.54. The first-order valence-corrected chi connectivity index (χ1v) is 6.28. The second-order valence-corrected chi connectivity index (χ2v) is 5.29. The van der Waals surface area contributed by atoms with Crippen molar-refractivity contribution in [3.05, 3.63) is 11.9 Å². The zero-order valence-electron chi connectivity index (χ0n) is 10.6. The summed E-state index contributed by atoms with van der Waals surface area (Å²) < 4.78 is 0. The summed E-state index contributed by atoms with van der Waals surface area (Å²) in [7, 11) is 0.